The summed E-state index contributed by atoms with van der Waals surface area (Å²) in [4.78, 5) is 15.0. The van der Waals surface area contributed by atoms with Gasteiger partial charge in [0.15, 0.2) is 0 Å². The summed E-state index contributed by atoms with van der Waals surface area (Å²) in [6.45, 7) is 4.12. The molecule has 1 amide bonds. The van der Waals surface area contributed by atoms with Crippen molar-refractivity contribution in [3.05, 3.63) is 82.4 Å². The first kappa shape index (κ1) is 20.6. The van der Waals surface area contributed by atoms with Crippen LogP contribution >= 0.6 is 0 Å². The fraction of sp³-hybridized carbons (Fsp3) is 0.296. The summed E-state index contributed by atoms with van der Waals surface area (Å²) >= 11 is 0. The van der Waals surface area contributed by atoms with Crippen LogP contribution in [0.2, 0.25) is 0 Å². The number of hydrogen-bond acceptors (Lipinski definition) is 4. The maximum absolute atomic E-state index is 12.8. The van der Waals surface area contributed by atoms with E-state index in [1.165, 1.54) is 39.1 Å². The zero-order valence-corrected chi connectivity index (χ0v) is 18.9. The van der Waals surface area contributed by atoms with Crippen molar-refractivity contribution in [2.24, 2.45) is 0 Å². The van der Waals surface area contributed by atoms with Crippen molar-refractivity contribution in [2.45, 2.75) is 25.8 Å². The van der Waals surface area contributed by atoms with Gasteiger partial charge in [-0.3, -0.25) is 5.32 Å². The Morgan fingerprint density at radius 3 is 2.38 bits per heavy atom. The Hall–Kier alpha value is -3.31. The van der Waals surface area contributed by atoms with Crippen LogP contribution in [0.4, 0.5) is 16.2 Å². The molecule has 5 rings (SSSR count). The summed E-state index contributed by atoms with van der Waals surface area (Å²) in [6.07, 6.45) is 0.486. The molecule has 0 spiro atoms. The van der Waals surface area contributed by atoms with Crippen molar-refractivity contribution in [3.63, 3.8) is 0 Å². The Balaban J connectivity index is 1.36. The van der Waals surface area contributed by atoms with Gasteiger partial charge in [-0.15, -0.1) is 0 Å². The van der Waals surface area contributed by atoms with E-state index < -0.39 is 6.09 Å². The molecule has 32 heavy (non-hydrogen) atoms. The summed E-state index contributed by atoms with van der Waals surface area (Å²) in [5.74, 6) is 0.0594. The molecule has 0 saturated heterocycles. The number of hydrogen-bond donors (Lipinski definition) is 2. The van der Waals surface area contributed by atoms with Crippen LogP contribution in [0.15, 0.2) is 54.6 Å². The van der Waals surface area contributed by atoms with Gasteiger partial charge in [0.1, 0.15) is 6.61 Å². The molecule has 0 fully saturated rings. The first-order valence-electron chi connectivity index (χ1n) is 11.2. The van der Waals surface area contributed by atoms with Gasteiger partial charge >= 0.3 is 6.09 Å². The van der Waals surface area contributed by atoms with E-state index in [1.807, 2.05) is 12.1 Å². The average molecular weight is 428 g/mol. The summed E-state index contributed by atoms with van der Waals surface area (Å²) in [5, 5.41) is 6.50. The highest BCUT2D eigenvalue weighted by Gasteiger charge is 2.29. The Morgan fingerprint density at radius 2 is 1.72 bits per heavy atom. The highest BCUT2D eigenvalue weighted by molar-refractivity contribution is 5.88. The first-order valence-corrected chi connectivity index (χ1v) is 11.2. The third kappa shape index (κ3) is 3.53. The van der Waals surface area contributed by atoms with Crippen LogP contribution < -0.4 is 15.5 Å². The minimum absolute atomic E-state index is 0.0594. The fourth-order valence-corrected chi connectivity index (χ4v) is 5.30. The Labute approximate surface area is 189 Å². The number of anilines is 2. The standard InChI is InChI=1S/C27H29N3O2/c1-17-14-25(22-12-13-28-15-23(22)26(17)30(2)3)29-27(31)32-16-24-20-10-6-4-8-18(20)19-9-5-7-11-21(19)24/h4-11,14,24,28H,12-13,15-16H2,1-3H3,(H,29,31). The third-order valence-corrected chi connectivity index (χ3v) is 6.59. The second kappa shape index (κ2) is 8.32. The monoisotopic (exact) mass is 427 g/mol. The summed E-state index contributed by atoms with van der Waals surface area (Å²) in [5.41, 5.74) is 10.6. The lowest BCUT2D eigenvalue weighted by atomic mass is 9.93. The Bertz CT molecular complexity index is 1140. The van der Waals surface area contributed by atoms with Gasteiger partial charge in [-0.1, -0.05) is 48.5 Å². The lowest BCUT2D eigenvalue weighted by Crippen LogP contribution is -2.28. The number of nitrogens with zero attached hydrogens (tertiary/aromatic N) is 1. The van der Waals surface area contributed by atoms with Gasteiger partial charge < -0.3 is 15.0 Å². The predicted octanol–water partition coefficient (Wildman–Crippen LogP) is 5.07. The molecule has 0 aromatic heterocycles. The van der Waals surface area contributed by atoms with Crippen LogP contribution in [0.25, 0.3) is 11.1 Å². The van der Waals surface area contributed by atoms with Crippen molar-refractivity contribution < 1.29 is 9.53 Å². The first-order chi connectivity index (χ1) is 15.5. The van der Waals surface area contributed by atoms with Gasteiger partial charge in [-0.05, 0) is 64.9 Å². The lowest BCUT2D eigenvalue weighted by Gasteiger charge is -2.28. The molecule has 5 heteroatoms. The van der Waals surface area contributed by atoms with E-state index in [0.717, 1.165) is 30.8 Å². The van der Waals surface area contributed by atoms with E-state index in [1.54, 1.807) is 0 Å². The molecule has 0 unspecified atom stereocenters. The maximum atomic E-state index is 12.8. The van der Waals surface area contributed by atoms with Crippen molar-refractivity contribution >= 4 is 17.5 Å². The topological polar surface area (TPSA) is 53.6 Å². The van der Waals surface area contributed by atoms with E-state index >= 15 is 0 Å². The van der Waals surface area contributed by atoms with E-state index in [0.29, 0.717) is 6.61 Å². The van der Waals surface area contributed by atoms with E-state index in [2.05, 4.69) is 79.0 Å². The molecule has 0 atom stereocenters. The van der Waals surface area contributed by atoms with Gasteiger partial charge in [-0.2, -0.15) is 0 Å². The molecule has 164 valence electrons. The van der Waals surface area contributed by atoms with Crippen LogP contribution in [0, 0.1) is 6.92 Å². The molecule has 5 nitrogen and oxygen atoms in total. The zero-order valence-electron chi connectivity index (χ0n) is 18.9. The van der Waals surface area contributed by atoms with Crippen LogP contribution in [0.3, 0.4) is 0 Å². The van der Waals surface area contributed by atoms with Crippen molar-refractivity contribution in [1.82, 2.24) is 5.32 Å². The number of carbonyl (C=O) groups is 1. The minimum atomic E-state index is -0.399. The summed E-state index contributed by atoms with van der Waals surface area (Å²) in [6, 6.07) is 18.8. The number of rotatable bonds is 4. The van der Waals surface area contributed by atoms with E-state index in [4.69, 9.17) is 4.74 Å². The number of carbonyl (C=O) groups excluding carboxylic acids is 1. The van der Waals surface area contributed by atoms with Gasteiger partial charge in [0.2, 0.25) is 0 Å². The van der Waals surface area contributed by atoms with Crippen LogP contribution in [-0.2, 0) is 17.7 Å². The number of aryl methyl sites for hydroxylation is 1. The normalized spacial score (nSPS) is 14.3. The zero-order chi connectivity index (χ0) is 22.2. The lowest BCUT2D eigenvalue weighted by molar-refractivity contribution is 0.158. The molecule has 1 heterocycles. The quantitative estimate of drug-likeness (QED) is 0.611. The van der Waals surface area contributed by atoms with Crippen molar-refractivity contribution in [3.8, 4) is 11.1 Å². The largest absolute Gasteiger partial charge is 0.448 e. The van der Waals surface area contributed by atoms with Crippen molar-refractivity contribution in [1.29, 1.82) is 0 Å². The summed E-state index contributed by atoms with van der Waals surface area (Å²) in [7, 11) is 4.13. The summed E-state index contributed by atoms with van der Waals surface area (Å²) < 4.78 is 5.78. The van der Waals surface area contributed by atoms with Gasteiger partial charge in [-0.25, -0.2) is 4.79 Å². The Kier molecular flexibility index (Phi) is 5.35. The van der Waals surface area contributed by atoms with Crippen LogP contribution in [-0.4, -0.2) is 33.3 Å². The Morgan fingerprint density at radius 1 is 1.06 bits per heavy atom. The van der Waals surface area contributed by atoms with Gasteiger partial charge in [0.25, 0.3) is 0 Å². The highest BCUT2D eigenvalue weighted by atomic mass is 16.5. The highest BCUT2D eigenvalue weighted by Crippen LogP contribution is 2.44. The van der Waals surface area contributed by atoms with Crippen LogP contribution in [0.5, 0.6) is 0 Å². The van der Waals surface area contributed by atoms with Gasteiger partial charge in [0, 0.05) is 37.9 Å². The van der Waals surface area contributed by atoms with Crippen molar-refractivity contribution in [2.75, 3.05) is 37.5 Å². The molecule has 1 aliphatic heterocycles. The minimum Gasteiger partial charge on any atom is -0.448 e. The number of benzene rings is 3. The second-order valence-electron chi connectivity index (χ2n) is 8.82. The number of nitrogens with one attached hydrogen (secondary N) is 2. The molecular weight excluding hydrogens is 398 g/mol. The molecule has 0 radical (unpaired) electrons. The van der Waals surface area contributed by atoms with E-state index in [-0.39, 0.29) is 5.92 Å². The predicted molar refractivity (Wildman–Crippen MR) is 130 cm³/mol. The molecule has 0 bridgehead atoms. The SMILES string of the molecule is Cc1cc(NC(=O)OCC2c3ccccc3-c3ccccc32)c2c(c1N(C)C)CNCC2. The maximum Gasteiger partial charge on any atom is 0.411 e. The molecule has 2 N–H and O–H groups in total. The molecule has 3 aromatic rings. The molecule has 2 aliphatic rings. The second-order valence-corrected chi connectivity index (χ2v) is 8.82. The van der Waals surface area contributed by atoms with E-state index in [9.17, 15) is 4.79 Å². The third-order valence-electron chi connectivity index (χ3n) is 6.59. The number of amides is 1. The smallest absolute Gasteiger partial charge is 0.411 e. The molecule has 0 saturated carbocycles. The van der Waals surface area contributed by atoms with Crippen LogP contribution in [0.1, 0.15) is 33.7 Å². The fourth-order valence-electron chi connectivity index (χ4n) is 5.30. The number of fused-ring (bicyclic) bond motifs is 4. The molecule has 3 aromatic carbocycles. The number of ether oxygens (including phenoxy) is 1. The molecule has 1 aliphatic carbocycles. The average Bonchev–Trinajstić information content (AvgIpc) is 3.11. The molecular formula is C27H29N3O2. The van der Waals surface area contributed by atoms with Gasteiger partial charge in [0.05, 0.1) is 0 Å².